The molecule has 0 atom stereocenters. The van der Waals surface area contributed by atoms with Crippen LogP contribution in [0.25, 0.3) is 0 Å². The predicted octanol–water partition coefficient (Wildman–Crippen LogP) is 3.90. The summed E-state index contributed by atoms with van der Waals surface area (Å²) >= 11 is 3.56. The highest BCUT2D eigenvalue weighted by Gasteiger charge is 2.26. The van der Waals surface area contributed by atoms with Crippen molar-refractivity contribution < 1.29 is 4.74 Å². The van der Waals surface area contributed by atoms with Crippen molar-refractivity contribution in [3.63, 3.8) is 0 Å². The first kappa shape index (κ1) is 11.5. The average Bonchev–Trinajstić information content (AvgIpc) is 2.07. The van der Waals surface area contributed by atoms with Crippen molar-refractivity contribution in [3.05, 3.63) is 0 Å². The fourth-order valence-corrected chi connectivity index (χ4v) is 2.43. The molecule has 2 heteroatoms. The Morgan fingerprint density at radius 2 is 1.85 bits per heavy atom. The Morgan fingerprint density at radius 3 is 2.46 bits per heavy atom. The summed E-state index contributed by atoms with van der Waals surface area (Å²) in [5.41, 5.74) is 0. The largest absolute Gasteiger partial charge is 0.378 e. The maximum atomic E-state index is 5.70. The van der Waals surface area contributed by atoms with E-state index in [-0.39, 0.29) is 0 Å². The van der Waals surface area contributed by atoms with Gasteiger partial charge >= 0.3 is 0 Å². The fourth-order valence-electron chi connectivity index (χ4n) is 1.59. The van der Waals surface area contributed by atoms with Gasteiger partial charge in [-0.1, -0.05) is 48.5 Å². The SMILES string of the molecule is CCCCCCCOC1CC(Br)C1. The van der Waals surface area contributed by atoms with Crippen molar-refractivity contribution in [1.29, 1.82) is 0 Å². The van der Waals surface area contributed by atoms with Crippen molar-refractivity contribution in [2.75, 3.05) is 6.61 Å². The van der Waals surface area contributed by atoms with E-state index < -0.39 is 0 Å². The number of hydrogen-bond acceptors (Lipinski definition) is 1. The molecule has 1 nitrogen and oxygen atoms in total. The van der Waals surface area contributed by atoms with Crippen LogP contribution in [0.4, 0.5) is 0 Å². The smallest absolute Gasteiger partial charge is 0.0596 e. The Morgan fingerprint density at radius 1 is 1.15 bits per heavy atom. The Bertz CT molecular complexity index is 121. The monoisotopic (exact) mass is 248 g/mol. The van der Waals surface area contributed by atoms with E-state index >= 15 is 0 Å². The molecule has 0 spiro atoms. The number of halogens is 1. The molecular weight excluding hydrogens is 228 g/mol. The second kappa shape index (κ2) is 6.83. The van der Waals surface area contributed by atoms with E-state index in [1.165, 1.54) is 44.9 Å². The van der Waals surface area contributed by atoms with Gasteiger partial charge in [0, 0.05) is 11.4 Å². The number of alkyl halides is 1. The first-order chi connectivity index (χ1) is 6.33. The number of rotatable bonds is 7. The van der Waals surface area contributed by atoms with Gasteiger partial charge in [0.15, 0.2) is 0 Å². The van der Waals surface area contributed by atoms with E-state index in [1.807, 2.05) is 0 Å². The van der Waals surface area contributed by atoms with Crippen molar-refractivity contribution in [2.24, 2.45) is 0 Å². The molecule has 0 unspecified atom stereocenters. The normalized spacial score (nSPS) is 27.2. The summed E-state index contributed by atoms with van der Waals surface area (Å²) in [6.45, 7) is 3.23. The first-order valence-corrected chi connectivity index (χ1v) is 6.50. The van der Waals surface area contributed by atoms with Crippen LogP contribution in [-0.2, 0) is 4.74 Å². The minimum Gasteiger partial charge on any atom is -0.378 e. The fraction of sp³-hybridized carbons (Fsp3) is 1.00. The lowest BCUT2D eigenvalue weighted by Crippen LogP contribution is -2.31. The molecule has 1 fully saturated rings. The van der Waals surface area contributed by atoms with Crippen LogP contribution < -0.4 is 0 Å². The molecule has 0 aliphatic heterocycles. The lowest BCUT2D eigenvalue weighted by atomic mass is 9.96. The van der Waals surface area contributed by atoms with Crippen LogP contribution in [0.2, 0.25) is 0 Å². The van der Waals surface area contributed by atoms with E-state index in [0.29, 0.717) is 6.10 Å². The Kier molecular flexibility index (Phi) is 6.05. The second-order valence-corrected chi connectivity index (χ2v) is 5.27. The van der Waals surface area contributed by atoms with Crippen LogP contribution in [0.3, 0.4) is 0 Å². The molecule has 1 saturated carbocycles. The molecule has 0 aromatic carbocycles. The second-order valence-electron chi connectivity index (χ2n) is 3.98. The van der Waals surface area contributed by atoms with Gasteiger partial charge in [0.25, 0.3) is 0 Å². The standard InChI is InChI=1S/C11H21BrO/c1-2-3-4-5-6-7-13-11-8-10(12)9-11/h10-11H,2-9H2,1H3. The zero-order chi connectivity index (χ0) is 9.52. The topological polar surface area (TPSA) is 9.23 Å². The molecule has 1 aliphatic rings. The molecule has 0 aromatic rings. The zero-order valence-electron chi connectivity index (χ0n) is 8.60. The molecule has 0 amide bonds. The van der Waals surface area contributed by atoms with Crippen LogP contribution in [-0.4, -0.2) is 17.5 Å². The van der Waals surface area contributed by atoms with Crippen molar-refractivity contribution >= 4 is 15.9 Å². The van der Waals surface area contributed by atoms with Gasteiger partial charge in [0.1, 0.15) is 0 Å². The third-order valence-corrected chi connectivity index (χ3v) is 3.39. The van der Waals surface area contributed by atoms with Crippen LogP contribution in [0.1, 0.15) is 51.9 Å². The molecule has 1 aliphatic carbocycles. The number of hydrogen-bond donors (Lipinski definition) is 0. The van der Waals surface area contributed by atoms with Gasteiger partial charge in [0.05, 0.1) is 6.10 Å². The summed E-state index contributed by atoms with van der Waals surface area (Å²) < 4.78 is 5.70. The summed E-state index contributed by atoms with van der Waals surface area (Å²) in [5.74, 6) is 0. The lowest BCUT2D eigenvalue weighted by molar-refractivity contribution is 0.00546. The highest BCUT2D eigenvalue weighted by atomic mass is 79.9. The average molecular weight is 249 g/mol. The van der Waals surface area contributed by atoms with Crippen molar-refractivity contribution in [1.82, 2.24) is 0 Å². The summed E-state index contributed by atoms with van der Waals surface area (Å²) in [6, 6.07) is 0. The van der Waals surface area contributed by atoms with E-state index in [4.69, 9.17) is 4.74 Å². The summed E-state index contributed by atoms with van der Waals surface area (Å²) in [6.07, 6.45) is 9.69. The minimum atomic E-state index is 0.565. The van der Waals surface area contributed by atoms with Gasteiger partial charge < -0.3 is 4.74 Å². The van der Waals surface area contributed by atoms with Crippen LogP contribution >= 0.6 is 15.9 Å². The highest BCUT2D eigenvalue weighted by Crippen LogP contribution is 2.29. The van der Waals surface area contributed by atoms with E-state index in [2.05, 4.69) is 22.9 Å². The Labute approximate surface area is 90.4 Å². The quantitative estimate of drug-likeness (QED) is 0.491. The van der Waals surface area contributed by atoms with E-state index in [9.17, 15) is 0 Å². The summed E-state index contributed by atoms with van der Waals surface area (Å²) in [7, 11) is 0. The molecule has 13 heavy (non-hydrogen) atoms. The number of ether oxygens (including phenoxy) is 1. The third kappa shape index (κ3) is 5.02. The Hall–Kier alpha value is 0.440. The van der Waals surface area contributed by atoms with Crippen molar-refractivity contribution in [2.45, 2.75) is 62.8 Å². The molecule has 78 valence electrons. The minimum absolute atomic E-state index is 0.565. The molecule has 0 saturated heterocycles. The molecule has 0 N–H and O–H groups in total. The summed E-state index contributed by atoms with van der Waals surface area (Å²) in [4.78, 5) is 0.734. The highest BCUT2D eigenvalue weighted by molar-refractivity contribution is 9.09. The molecule has 1 rings (SSSR count). The maximum Gasteiger partial charge on any atom is 0.0596 e. The molecule has 0 bridgehead atoms. The van der Waals surface area contributed by atoms with Gasteiger partial charge in [-0.25, -0.2) is 0 Å². The van der Waals surface area contributed by atoms with Gasteiger partial charge in [-0.2, -0.15) is 0 Å². The summed E-state index contributed by atoms with van der Waals surface area (Å²) in [5, 5.41) is 0. The van der Waals surface area contributed by atoms with Crippen LogP contribution in [0.15, 0.2) is 0 Å². The first-order valence-electron chi connectivity index (χ1n) is 5.58. The van der Waals surface area contributed by atoms with E-state index in [1.54, 1.807) is 0 Å². The maximum absolute atomic E-state index is 5.70. The Balaban J connectivity index is 1.74. The predicted molar refractivity (Wildman–Crippen MR) is 60.4 cm³/mol. The molecule has 0 radical (unpaired) electrons. The lowest BCUT2D eigenvalue weighted by Gasteiger charge is -2.31. The van der Waals surface area contributed by atoms with Gasteiger partial charge in [-0.05, 0) is 19.3 Å². The van der Waals surface area contributed by atoms with Crippen molar-refractivity contribution in [3.8, 4) is 0 Å². The van der Waals surface area contributed by atoms with Gasteiger partial charge in [-0.15, -0.1) is 0 Å². The third-order valence-electron chi connectivity index (χ3n) is 2.64. The number of unbranched alkanes of at least 4 members (excludes halogenated alkanes) is 4. The van der Waals surface area contributed by atoms with Gasteiger partial charge in [-0.3, -0.25) is 0 Å². The van der Waals surface area contributed by atoms with Gasteiger partial charge in [0.2, 0.25) is 0 Å². The van der Waals surface area contributed by atoms with E-state index in [0.717, 1.165) is 11.4 Å². The molecule has 0 heterocycles. The van der Waals surface area contributed by atoms with Crippen LogP contribution in [0.5, 0.6) is 0 Å². The zero-order valence-corrected chi connectivity index (χ0v) is 10.2. The molecular formula is C11H21BrO. The van der Waals surface area contributed by atoms with Crippen LogP contribution in [0, 0.1) is 0 Å². The molecule has 0 aromatic heterocycles.